The number of carbonyl (C=O) groups is 1. The fourth-order valence-corrected chi connectivity index (χ4v) is 2.68. The molecule has 0 spiro atoms. The Bertz CT molecular complexity index is 949. The first-order valence-corrected chi connectivity index (χ1v) is 8.57. The third-order valence-corrected chi connectivity index (χ3v) is 4.11. The summed E-state index contributed by atoms with van der Waals surface area (Å²) in [6.07, 6.45) is 3.93. The van der Waals surface area contributed by atoms with Crippen LogP contribution in [0.15, 0.2) is 72.8 Å². The predicted octanol–water partition coefficient (Wildman–Crippen LogP) is 5.13. The van der Waals surface area contributed by atoms with Gasteiger partial charge >= 0.3 is 0 Å². The fraction of sp³-hybridized carbons (Fsp3) is 0.0870. The number of ether oxygens (including phenoxy) is 2. The minimum Gasteiger partial charge on any atom is -0.493 e. The summed E-state index contributed by atoms with van der Waals surface area (Å²) in [4.78, 5) is 12.4. The molecule has 0 aromatic heterocycles. The molecule has 0 radical (unpaired) electrons. The molecule has 0 aliphatic heterocycles. The topological polar surface area (TPSA) is 47.6 Å². The molecule has 0 bridgehead atoms. The van der Waals surface area contributed by atoms with Crippen molar-refractivity contribution in [3.8, 4) is 11.5 Å². The van der Waals surface area contributed by atoms with Gasteiger partial charge in [0.25, 0.3) is 5.91 Å². The molecule has 4 heteroatoms. The molecule has 1 N–H and O–H groups in total. The van der Waals surface area contributed by atoms with E-state index in [9.17, 15) is 4.79 Å². The molecular weight excluding hydrogens is 338 g/mol. The lowest BCUT2D eigenvalue weighted by atomic mass is 10.1. The molecule has 0 aliphatic carbocycles. The van der Waals surface area contributed by atoms with Gasteiger partial charge in [-0.05, 0) is 41.5 Å². The number of para-hydroxylation sites is 1. The van der Waals surface area contributed by atoms with E-state index in [1.165, 1.54) is 0 Å². The van der Waals surface area contributed by atoms with Gasteiger partial charge in [-0.15, -0.1) is 0 Å². The van der Waals surface area contributed by atoms with Crippen LogP contribution in [-0.4, -0.2) is 20.1 Å². The zero-order valence-corrected chi connectivity index (χ0v) is 15.3. The highest BCUT2D eigenvalue weighted by atomic mass is 16.5. The van der Waals surface area contributed by atoms with Crippen molar-refractivity contribution in [2.24, 2.45) is 0 Å². The Hall–Kier alpha value is -3.53. The number of hydrogen-bond acceptors (Lipinski definition) is 3. The lowest BCUT2D eigenvalue weighted by Gasteiger charge is -2.09. The van der Waals surface area contributed by atoms with Crippen molar-refractivity contribution in [3.63, 3.8) is 0 Å². The number of anilines is 1. The van der Waals surface area contributed by atoms with Crippen LogP contribution in [0.3, 0.4) is 0 Å². The third-order valence-electron chi connectivity index (χ3n) is 4.11. The molecule has 3 rings (SSSR count). The van der Waals surface area contributed by atoms with Crippen LogP contribution < -0.4 is 14.8 Å². The first-order valence-electron chi connectivity index (χ1n) is 8.57. The second-order valence-corrected chi connectivity index (χ2v) is 5.86. The Morgan fingerprint density at radius 2 is 1.52 bits per heavy atom. The molecule has 1 amide bonds. The molecule has 4 nitrogen and oxygen atoms in total. The van der Waals surface area contributed by atoms with Gasteiger partial charge in [-0.2, -0.15) is 0 Å². The summed E-state index contributed by atoms with van der Waals surface area (Å²) in [6, 6.07) is 22.5. The largest absolute Gasteiger partial charge is 0.493 e. The van der Waals surface area contributed by atoms with E-state index in [4.69, 9.17) is 9.47 Å². The van der Waals surface area contributed by atoms with Crippen LogP contribution in [0.5, 0.6) is 11.5 Å². The van der Waals surface area contributed by atoms with Crippen molar-refractivity contribution in [1.82, 2.24) is 0 Å². The second-order valence-electron chi connectivity index (χ2n) is 5.86. The molecule has 3 aromatic carbocycles. The first kappa shape index (κ1) is 18.3. The number of rotatable bonds is 6. The highest BCUT2D eigenvalue weighted by molar-refractivity contribution is 6.05. The molecule has 27 heavy (non-hydrogen) atoms. The monoisotopic (exact) mass is 359 g/mol. The van der Waals surface area contributed by atoms with Crippen molar-refractivity contribution < 1.29 is 14.3 Å². The van der Waals surface area contributed by atoms with Crippen LogP contribution >= 0.6 is 0 Å². The van der Waals surface area contributed by atoms with Gasteiger partial charge in [-0.3, -0.25) is 4.79 Å². The van der Waals surface area contributed by atoms with Crippen molar-refractivity contribution in [3.05, 3.63) is 89.5 Å². The van der Waals surface area contributed by atoms with Crippen LogP contribution in [0.1, 0.15) is 21.5 Å². The zero-order chi connectivity index (χ0) is 19.1. The molecule has 0 unspecified atom stereocenters. The van der Waals surface area contributed by atoms with Gasteiger partial charge in [0.05, 0.1) is 14.2 Å². The van der Waals surface area contributed by atoms with Crippen LogP contribution in [0.25, 0.3) is 12.2 Å². The molecule has 136 valence electrons. The van der Waals surface area contributed by atoms with E-state index in [1.807, 2.05) is 72.8 Å². The van der Waals surface area contributed by atoms with Gasteiger partial charge in [0.15, 0.2) is 11.5 Å². The Balaban J connectivity index is 1.82. The van der Waals surface area contributed by atoms with Gasteiger partial charge < -0.3 is 14.8 Å². The summed E-state index contributed by atoms with van der Waals surface area (Å²) < 4.78 is 10.6. The smallest absolute Gasteiger partial charge is 0.255 e. The summed E-state index contributed by atoms with van der Waals surface area (Å²) in [5, 5.41) is 2.97. The normalized spacial score (nSPS) is 10.6. The Morgan fingerprint density at radius 1 is 0.815 bits per heavy atom. The molecule has 0 heterocycles. The second kappa shape index (κ2) is 8.72. The minimum absolute atomic E-state index is 0.137. The van der Waals surface area contributed by atoms with Gasteiger partial charge in [0.1, 0.15) is 0 Å². The van der Waals surface area contributed by atoms with Gasteiger partial charge in [-0.1, -0.05) is 54.6 Å². The molecule has 0 fully saturated rings. The summed E-state index contributed by atoms with van der Waals surface area (Å²) in [5.41, 5.74) is 3.26. The molecule has 0 saturated carbocycles. The van der Waals surface area contributed by atoms with Crippen LogP contribution in [0.4, 0.5) is 5.69 Å². The van der Waals surface area contributed by atoms with E-state index in [-0.39, 0.29) is 5.91 Å². The van der Waals surface area contributed by atoms with E-state index in [0.29, 0.717) is 17.1 Å². The predicted molar refractivity (Wildman–Crippen MR) is 109 cm³/mol. The standard InChI is InChI=1S/C23H21NO3/c1-26-21-15-13-17(16-22(21)27-2)12-14-18-8-6-7-11-20(18)24-23(25)19-9-4-3-5-10-19/h3-16H,1-2H3,(H,24,25)/b14-12+. The van der Waals surface area contributed by atoms with E-state index in [0.717, 1.165) is 16.8 Å². The average Bonchev–Trinajstić information content (AvgIpc) is 2.73. The maximum Gasteiger partial charge on any atom is 0.255 e. The number of methoxy groups -OCH3 is 2. The van der Waals surface area contributed by atoms with E-state index in [2.05, 4.69) is 5.32 Å². The average molecular weight is 359 g/mol. The number of amides is 1. The third kappa shape index (κ3) is 4.55. The van der Waals surface area contributed by atoms with Crippen LogP contribution in [0.2, 0.25) is 0 Å². The maximum absolute atomic E-state index is 12.4. The van der Waals surface area contributed by atoms with Gasteiger partial charge in [-0.25, -0.2) is 0 Å². The summed E-state index contributed by atoms with van der Waals surface area (Å²) in [6.45, 7) is 0. The lowest BCUT2D eigenvalue weighted by Crippen LogP contribution is -2.12. The summed E-state index contributed by atoms with van der Waals surface area (Å²) in [7, 11) is 3.22. The fourth-order valence-electron chi connectivity index (χ4n) is 2.68. The summed E-state index contributed by atoms with van der Waals surface area (Å²) >= 11 is 0. The van der Waals surface area contributed by atoms with E-state index < -0.39 is 0 Å². The van der Waals surface area contributed by atoms with Crippen LogP contribution in [-0.2, 0) is 0 Å². The van der Waals surface area contributed by atoms with Gasteiger partial charge in [0, 0.05) is 11.3 Å². The number of hydrogen-bond donors (Lipinski definition) is 1. The lowest BCUT2D eigenvalue weighted by molar-refractivity contribution is 0.102. The number of carbonyl (C=O) groups excluding carboxylic acids is 1. The zero-order valence-electron chi connectivity index (χ0n) is 15.3. The highest BCUT2D eigenvalue weighted by Crippen LogP contribution is 2.28. The molecule has 0 atom stereocenters. The number of nitrogens with one attached hydrogen (secondary N) is 1. The van der Waals surface area contributed by atoms with Crippen LogP contribution in [0, 0.1) is 0 Å². The maximum atomic E-state index is 12.4. The molecule has 0 saturated heterocycles. The molecule has 3 aromatic rings. The van der Waals surface area contributed by atoms with E-state index in [1.54, 1.807) is 26.4 Å². The molecular formula is C23H21NO3. The minimum atomic E-state index is -0.137. The Labute approximate surface area is 159 Å². The molecule has 0 aliphatic rings. The van der Waals surface area contributed by atoms with Crippen molar-refractivity contribution >= 4 is 23.7 Å². The SMILES string of the molecule is COc1ccc(/C=C/c2ccccc2NC(=O)c2ccccc2)cc1OC. The summed E-state index contributed by atoms with van der Waals surface area (Å²) in [5.74, 6) is 1.22. The Morgan fingerprint density at radius 3 is 2.26 bits per heavy atom. The van der Waals surface area contributed by atoms with E-state index >= 15 is 0 Å². The first-order chi connectivity index (χ1) is 13.2. The van der Waals surface area contributed by atoms with Gasteiger partial charge in [0.2, 0.25) is 0 Å². The Kier molecular flexibility index (Phi) is 5.90. The van der Waals surface area contributed by atoms with Crippen molar-refractivity contribution in [2.75, 3.05) is 19.5 Å². The highest BCUT2D eigenvalue weighted by Gasteiger charge is 2.07. The number of benzene rings is 3. The van der Waals surface area contributed by atoms with Crippen molar-refractivity contribution in [1.29, 1.82) is 0 Å². The quantitative estimate of drug-likeness (QED) is 0.621. The van der Waals surface area contributed by atoms with Crippen molar-refractivity contribution in [2.45, 2.75) is 0 Å².